The molecule has 2 amide bonds. The van der Waals surface area contributed by atoms with Gasteiger partial charge in [0.25, 0.3) is 5.91 Å². The monoisotopic (exact) mass is 449 g/mol. The van der Waals surface area contributed by atoms with Crippen LogP contribution in [0.25, 0.3) is 32.3 Å². The first-order valence-corrected chi connectivity index (χ1v) is 11.9. The highest BCUT2D eigenvalue weighted by molar-refractivity contribution is 7.98. The number of hydrazine groups is 2. The lowest BCUT2D eigenvalue weighted by molar-refractivity contribution is -0.124. The Morgan fingerprint density at radius 1 is 0.938 bits per heavy atom. The van der Waals surface area contributed by atoms with E-state index >= 15 is 0 Å². The van der Waals surface area contributed by atoms with Crippen molar-refractivity contribution < 1.29 is 9.59 Å². The summed E-state index contributed by atoms with van der Waals surface area (Å²) in [6.07, 6.45) is 2.67. The van der Waals surface area contributed by atoms with Crippen LogP contribution >= 0.6 is 11.8 Å². The molecular weight excluding hydrogens is 422 g/mol. The molecule has 7 nitrogen and oxygen atoms in total. The summed E-state index contributed by atoms with van der Waals surface area (Å²) in [5.74, 6) is 0.397. The third-order valence-corrected chi connectivity index (χ3v) is 6.15. The molecule has 8 heteroatoms. The molecule has 0 unspecified atom stereocenters. The Morgan fingerprint density at radius 3 is 2.34 bits per heavy atom. The van der Waals surface area contributed by atoms with Gasteiger partial charge in [0.05, 0.1) is 6.54 Å². The molecule has 0 aliphatic heterocycles. The molecule has 0 bridgehead atoms. The Kier molecular flexibility index (Phi) is 7.06. The predicted molar refractivity (Wildman–Crippen MR) is 134 cm³/mol. The number of hydrogen-bond donors (Lipinski definition) is 5. The maximum atomic E-state index is 12.6. The molecule has 0 aromatic heterocycles. The van der Waals surface area contributed by atoms with Crippen molar-refractivity contribution in [3.8, 4) is 0 Å². The summed E-state index contributed by atoms with van der Waals surface area (Å²) in [5, 5.41) is 9.83. The van der Waals surface area contributed by atoms with Gasteiger partial charge in [-0.1, -0.05) is 48.5 Å². The van der Waals surface area contributed by atoms with E-state index in [-0.39, 0.29) is 24.4 Å². The Morgan fingerprint density at radius 2 is 1.62 bits per heavy atom. The Bertz CT molecular complexity index is 1230. The van der Waals surface area contributed by atoms with Crippen molar-refractivity contribution in [1.82, 2.24) is 21.7 Å². The number of nitrogens with one attached hydrogen (secondary N) is 5. The zero-order chi connectivity index (χ0) is 22.5. The van der Waals surface area contributed by atoms with Gasteiger partial charge in [0.2, 0.25) is 5.91 Å². The predicted octanol–water partition coefficient (Wildman–Crippen LogP) is 2.99. The van der Waals surface area contributed by atoms with E-state index in [2.05, 4.69) is 69.5 Å². The van der Waals surface area contributed by atoms with Gasteiger partial charge >= 0.3 is 0 Å². The Balaban J connectivity index is 1.44. The molecule has 0 aliphatic rings. The molecule has 0 fully saturated rings. The van der Waals surface area contributed by atoms with Gasteiger partial charge in [0.1, 0.15) is 6.04 Å². The number of carbonyl (C=O) groups is 2. The van der Waals surface area contributed by atoms with E-state index < -0.39 is 0 Å². The standard InChI is InChI=1S/C24H27N5O2S/c1-25-28-20(12-13-32-2)24(31)29-26-14-21(30)27-19-11-9-17-7-6-15-4-3-5-16-8-10-18(19)23(17)22(15)16/h3-11,20,25-26,28H,12-14H2,1-2H3,(H,27,30)(H,29,31)/t20-/m0/s1. The molecule has 4 rings (SSSR count). The topological polar surface area (TPSA) is 94.3 Å². The second-order valence-corrected chi connectivity index (χ2v) is 8.57. The number of amides is 2. The number of benzene rings is 4. The lowest BCUT2D eigenvalue weighted by atomic mass is 9.93. The minimum Gasteiger partial charge on any atom is -0.324 e. The summed E-state index contributed by atoms with van der Waals surface area (Å²) in [6, 6.07) is 18.2. The average molecular weight is 450 g/mol. The van der Waals surface area contributed by atoms with Crippen LogP contribution in [0.5, 0.6) is 0 Å². The number of thioether (sulfide) groups is 1. The van der Waals surface area contributed by atoms with E-state index in [1.807, 2.05) is 18.4 Å². The van der Waals surface area contributed by atoms with E-state index in [1.165, 1.54) is 16.2 Å². The van der Waals surface area contributed by atoms with E-state index in [4.69, 9.17) is 0 Å². The molecule has 0 saturated heterocycles. The van der Waals surface area contributed by atoms with Crippen LogP contribution in [0.1, 0.15) is 6.42 Å². The lowest BCUT2D eigenvalue weighted by Gasteiger charge is -2.18. The molecule has 5 N–H and O–H groups in total. The van der Waals surface area contributed by atoms with E-state index in [0.29, 0.717) is 6.42 Å². The highest BCUT2D eigenvalue weighted by Gasteiger charge is 2.17. The fraction of sp³-hybridized carbons (Fsp3) is 0.250. The quantitative estimate of drug-likeness (QED) is 0.189. The normalized spacial score (nSPS) is 12.4. The molecule has 32 heavy (non-hydrogen) atoms. The zero-order valence-corrected chi connectivity index (χ0v) is 18.9. The zero-order valence-electron chi connectivity index (χ0n) is 18.1. The molecule has 0 spiro atoms. The van der Waals surface area contributed by atoms with E-state index in [9.17, 15) is 9.59 Å². The van der Waals surface area contributed by atoms with Crippen molar-refractivity contribution in [2.75, 3.05) is 30.9 Å². The smallest absolute Gasteiger partial charge is 0.252 e. The van der Waals surface area contributed by atoms with Gasteiger partial charge in [-0.15, -0.1) is 0 Å². The third kappa shape index (κ3) is 4.63. The minimum absolute atomic E-state index is 0.0392. The first kappa shape index (κ1) is 22.3. The number of anilines is 1. The summed E-state index contributed by atoms with van der Waals surface area (Å²) in [7, 11) is 1.72. The lowest BCUT2D eigenvalue weighted by Crippen LogP contribution is -2.53. The largest absolute Gasteiger partial charge is 0.324 e. The molecule has 4 aromatic rings. The van der Waals surface area contributed by atoms with Crippen LogP contribution in [0, 0.1) is 0 Å². The summed E-state index contributed by atoms with van der Waals surface area (Å²) in [6.45, 7) is -0.0392. The van der Waals surface area contributed by atoms with Gasteiger partial charge in [-0.2, -0.15) is 11.8 Å². The number of rotatable bonds is 10. The number of carbonyl (C=O) groups excluding carboxylic acids is 2. The second-order valence-electron chi connectivity index (χ2n) is 7.59. The Hall–Kier alpha value is -2.91. The van der Waals surface area contributed by atoms with E-state index in [0.717, 1.165) is 27.6 Å². The van der Waals surface area contributed by atoms with Crippen LogP contribution < -0.4 is 27.0 Å². The first-order valence-electron chi connectivity index (χ1n) is 10.5. The molecule has 166 valence electrons. The molecule has 0 radical (unpaired) electrons. The van der Waals surface area contributed by atoms with Crippen molar-refractivity contribution in [1.29, 1.82) is 0 Å². The summed E-state index contributed by atoms with van der Waals surface area (Å²) < 4.78 is 0. The van der Waals surface area contributed by atoms with Gasteiger partial charge in [-0.3, -0.25) is 20.4 Å². The van der Waals surface area contributed by atoms with Crippen molar-refractivity contribution in [2.24, 2.45) is 0 Å². The highest BCUT2D eigenvalue weighted by atomic mass is 32.2. The van der Waals surface area contributed by atoms with Crippen LogP contribution in [0.3, 0.4) is 0 Å². The fourth-order valence-corrected chi connectivity index (χ4v) is 4.49. The molecule has 1 atom stereocenters. The summed E-state index contributed by atoms with van der Waals surface area (Å²) in [4.78, 5) is 24.9. The van der Waals surface area contributed by atoms with Gasteiger partial charge < -0.3 is 5.32 Å². The molecule has 4 aromatic carbocycles. The highest BCUT2D eigenvalue weighted by Crippen LogP contribution is 2.37. The second kappa shape index (κ2) is 10.1. The molecule has 0 heterocycles. The van der Waals surface area contributed by atoms with Crippen LogP contribution in [0.15, 0.2) is 54.6 Å². The summed E-state index contributed by atoms with van der Waals surface area (Å²) in [5.41, 5.74) is 11.8. The van der Waals surface area contributed by atoms with Crippen molar-refractivity contribution >= 4 is 61.6 Å². The van der Waals surface area contributed by atoms with Crippen LogP contribution in [0.4, 0.5) is 5.69 Å². The van der Waals surface area contributed by atoms with Crippen LogP contribution in [-0.2, 0) is 9.59 Å². The van der Waals surface area contributed by atoms with Crippen molar-refractivity contribution in [2.45, 2.75) is 12.5 Å². The van der Waals surface area contributed by atoms with Crippen LogP contribution in [-0.4, -0.2) is 43.5 Å². The first-order chi connectivity index (χ1) is 15.6. The van der Waals surface area contributed by atoms with Gasteiger partial charge in [0, 0.05) is 11.1 Å². The molecule has 0 aliphatic carbocycles. The summed E-state index contributed by atoms with van der Waals surface area (Å²) >= 11 is 1.67. The Labute approximate surface area is 191 Å². The third-order valence-electron chi connectivity index (χ3n) is 5.51. The maximum absolute atomic E-state index is 12.6. The molecule has 0 saturated carbocycles. The average Bonchev–Trinajstić information content (AvgIpc) is 2.81. The van der Waals surface area contributed by atoms with Crippen LogP contribution in [0.2, 0.25) is 0 Å². The van der Waals surface area contributed by atoms with Gasteiger partial charge in [0.15, 0.2) is 0 Å². The van der Waals surface area contributed by atoms with Crippen molar-refractivity contribution in [3.63, 3.8) is 0 Å². The molecular formula is C24H27N5O2S. The van der Waals surface area contributed by atoms with Gasteiger partial charge in [-0.05, 0) is 58.5 Å². The maximum Gasteiger partial charge on any atom is 0.252 e. The van der Waals surface area contributed by atoms with E-state index in [1.54, 1.807) is 18.8 Å². The minimum atomic E-state index is -0.388. The fourth-order valence-electron chi connectivity index (χ4n) is 4.02. The van der Waals surface area contributed by atoms with Gasteiger partial charge in [-0.25, -0.2) is 10.9 Å². The SMILES string of the molecule is CNN[C@@H](CCSC)C(=O)NNCC(=O)Nc1ccc2ccc3cccc4ccc1c2c34. The van der Waals surface area contributed by atoms with Crippen molar-refractivity contribution in [3.05, 3.63) is 54.6 Å². The number of hydrogen-bond acceptors (Lipinski definition) is 6.